The summed E-state index contributed by atoms with van der Waals surface area (Å²) in [5, 5.41) is 0. The van der Waals surface area contributed by atoms with Crippen LogP contribution in [0, 0.1) is 5.92 Å². The molecule has 1 aliphatic carbocycles. The van der Waals surface area contributed by atoms with Crippen LogP contribution >= 0.6 is 15.9 Å². The van der Waals surface area contributed by atoms with Crippen LogP contribution in [-0.2, 0) is 0 Å². The molecule has 1 aliphatic rings. The Balaban J connectivity index is 1.96. The van der Waals surface area contributed by atoms with Crippen molar-refractivity contribution in [1.29, 1.82) is 0 Å². The second-order valence-corrected chi connectivity index (χ2v) is 6.78. The molecule has 0 amide bonds. The molecule has 0 radical (unpaired) electrons. The summed E-state index contributed by atoms with van der Waals surface area (Å²) in [4.78, 5) is 0.548. The van der Waals surface area contributed by atoms with E-state index in [0.29, 0.717) is 10.7 Å². The maximum absolute atomic E-state index is 3.86. The minimum atomic E-state index is 0.548. The Morgan fingerprint density at radius 2 is 1.59 bits per heavy atom. The molecule has 1 saturated carbocycles. The topological polar surface area (TPSA) is 0 Å². The fourth-order valence-corrected chi connectivity index (χ4v) is 3.60. The van der Waals surface area contributed by atoms with E-state index >= 15 is 0 Å². The molecule has 1 fully saturated rings. The fraction of sp³-hybridized carbons (Fsp3) is 0.625. The highest BCUT2D eigenvalue weighted by Gasteiger charge is 2.19. The van der Waals surface area contributed by atoms with Gasteiger partial charge in [-0.05, 0) is 29.4 Å². The maximum atomic E-state index is 3.86. The van der Waals surface area contributed by atoms with Gasteiger partial charge in [0.05, 0.1) is 0 Å². The lowest BCUT2D eigenvalue weighted by atomic mass is 9.96. The second-order valence-electron chi connectivity index (χ2n) is 5.68. The molecule has 1 aromatic rings. The molecule has 1 atom stereocenters. The highest BCUT2D eigenvalue weighted by Crippen LogP contribution is 2.37. The van der Waals surface area contributed by atoms with Crippen LogP contribution in [0.15, 0.2) is 24.3 Å². The number of rotatable bonds is 4. The van der Waals surface area contributed by atoms with Crippen molar-refractivity contribution in [2.24, 2.45) is 5.92 Å². The summed E-state index contributed by atoms with van der Waals surface area (Å²) in [6, 6.07) is 9.15. The van der Waals surface area contributed by atoms with Crippen LogP contribution in [0.25, 0.3) is 0 Å². The number of halogens is 1. The van der Waals surface area contributed by atoms with Crippen molar-refractivity contribution in [2.75, 3.05) is 0 Å². The van der Waals surface area contributed by atoms with Gasteiger partial charge >= 0.3 is 0 Å². The van der Waals surface area contributed by atoms with Gasteiger partial charge in [0, 0.05) is 4.83 Å². The molecular formula is C16H23Br. The first-order valence-corrected chi connectivity index (χ1v) is 7.82. The first-order valence-electron chi connectivity index (χ1n) is 6.90. The maximum Gasteiger partial charge on any atom is 0.0397 e. The quantitative estimate of drug-likeness (QED) is 0.613. The third kappa shape index (κ3) is 3.58. The highest BCUT2D eigenvalue weighted by atomic mass is 79.9. The SMILES string of the molecule is CC(C)c1ccc(C(Br)CC2CCCC2)cc1. The molecule has 0 N–H and O–H groups in total. The Morgan fingerprint density at radius 1 is 1.06 bits per heavy atom. The van der Waals surface area contributed by atoms with Crippen molar-refractivity contribution < 1.29 is 0 Å². The average Bonchev–Trinajstić information content (AvgIpc) is 2.82. The molecular weight excluding hydrogens is 272 g/mol. The standard InChI is InChI=1S/C16H23Br/c1-12(2)14-7-9-15(10-8-14)16(17)11-13-5-3-4-6-13/h7-10,12-13,16H,3-6,11H2,1-2H3. The summed E-state index contributed by atoms with van der Waals surface area (Å²) < 4.78 is 0. The van der Waals surface area contributed by atoms with Gasteiger partial charge in [-0.1, -0.05) is 79.7 Å². The number of alkyl halides is 1. The van der Waals surface area contributed by atoms with Crippen LogP contribution in [0.2, 0.25) is 0 Å². The monoisotopic (exact) mass is 294 g/mol. The fourth-order valence-electron chi connectivity index (χ4n) is 2.76. The Labute approximate surface area is 114 Å². The molecule has 1 unspecified atom stereocenters. The lowest BCUT2D eigenvalue weighted by Crippen LogP contribution is -1.99. The van der Waals surface area contributed by atoms with Crippen LogP contribution in [0.5, 0.6) is 0 Å². The van der Waals surface area contributed by atoms with Crippen molar-refractivity contribution in [3.63, 3.8) is 0 Å². The minimum absolute atomic E-state index is 0.548. The van der Waals surface area contributed by atoms with Crippen LogP contribution in [0.3, 0.4) is 0 Å². The number of benzene rings is 1. The summed E-state index contributed by atoms with van der Waals surface area (Å²) in [5.74, 6) is 1.58. The van der Waals surface area contributed by atoms with Crippen molar-refractivity contribution in [2.45, 2.75) is 56.7 Å². The van der Waals surface area contributed by atoms with E-state index in [9.17, 15) is 0 Å². The van der Waals surface area contributed by atoms with Gasteiger partial charge in [0.25, 0.3) is 0 Å². The zero-order valence-electron chi connectivity index (χ0n) is 11.0. The van der Waals surface area contributed by atoms with E-state index < -0.39 is 0 Å². The van der Waals surface area contributed by atoms with Gasteiger partial charge in [0.2, 0.25) is 0 Å². The predicted molar refractivity (Wildman–Crippen MR) is 78.8 cm³/mol. The Morgan fingerprint density at radius 3 is 2.12 bits per heavy atom. The summed E-state index contributed by atoms with van der Waals surface area (Å²) in [6.45, 7) is 4.50. The van der Waals surface area contributed by atoms with Gasteiger partial charge < -0.3 is 0 Å². The number of hydrogen-bond donors (Lipinski definition) is 0. The van der Waals surface area contributed by atoms with Crippen LogP contribution in [0.4, 0.5) is 0 Å². The van der Waals surface area contributed by atoms with Gasteiger partial charge in [-0.25, -0.2) is 0 Å². The van der Waals surface area contributed by atoms with E-state index in [-0.39, 0.29) is 0 Å². The van der Waals surface area contributed by atoms with Crippen molar-refractivity contribution >= 4 is 15.9 Å². The van der Waals surface area contributed by atoms with E-state index in [1.165, 1.54) is 43.2 Å². The summed E-state index contributed by atoms with van der Waals surface area (Å²) in [5.41, 5.74) is 2.88. The summed E-state index contributed by atoms with van der Waals surface area (Å²) in [7, 11) is 0. The third-order valence-corrected chi connectivity index (χ3v) is 4.88. The van der Waals surface area contributed by atoms with Gasteiger partial charge in [0.1, 0.15) is 0 Å². The predicted octanol–water partition coefficient (Wildman–Crippen LogP) is 5.83. The lowest BCUT2D eigenvalue weighted by molar-refractivity contribution is 0.502. The van der Waals surface area contributed by atoms with Crippen molar-refractivity contribution in [1.82, 2.24) is 0 Å². The molecule has 1 aromatic carbocycles. The minimum Gasteiger partial charge on any atom is -0.0839 e. The molecule has 17 heavy (non-hydrogen) atoms. The largest absolute Gasteiger partial charge is 0.0839 e. The molecule has 0 bridgehead atoms. The van der Waals surface area contributed by atoms with Crippen molar-refractivity contribution in [3.05, 3.63) is 35.4 Å². The molecule has 0 saturated heterocycles. The van der Waals surface area contributed by atoms with E-state index in [1.54, 1.807) is 0 Å². The third-order valence-electron chi connectivity index (χ3n) is 3.98. The molecule has 0 heterocycles. The Kier molecular flexibility index (Phi) is 4.67. The highest BCUT2D eigenvalue weighted by molar-refractivity contribution is 9.09. The Hall–Kier alpha value is -0.300. The van der Waals surface area contributed by atoms with Gasteiger partial charge in [0.15, 0.2) is 0 Å². The van der Waals surface area contributed by atoms with Gasteiger partial charge in [-0.15, -0.1) is 0 Å². The molecule has 0 aromatic heterocycles. The summed E-state index contributed by atoms with van der Waals surface area (Å²) in [6.07, 6.45) is 7.06. The summed E-state index contributed by atoms with van der Waals surface area (Å²) >= 11 is 3.86. The molecule has 2 rings (SSSR count). The first kappa shape index (κ1) is 13.1. The average molecular weight is 295 g/mol. The van der Waals surface area contributed by atoms with Crippen LogP contribution in [-0.4, -0.2) is 0 Å². The number of hydrogen-bond acceptors (Lipinski definition) is 0. The normalized spacial score (nSPS) is 18.8. The van der Waals surface area contributed by atoms with Gasteiger partial charge in [-0.2, -0.15) is 0 Å². The van der Waals surface area contributed by atoms with Crippen molar-refractivity contribution in [3.8, 4) is 0 Å². The lowest BCUT2D eigenvalue weighted by Gasteiger charge is -2.16. The smallest absolute Gasteiger partial charge is 0.0397 e. The molecule has 0 nitrogen and oxygen atoms in total. The molecule has 0 spiro atoms. The Bertz CT molecular complexity index is 333. The van der Waals surface area contributed by atoms with E-state index in [2.05, 4.69) is 54.0 Å². The van der Waals surface area contributed by atoms with E-state index in [0.717, 1.165) is 5.92 Å². The zero-order valence-corrected chi connectivity index (χ0v) is 12.5. The van der Waals surface area contributed by atoms with Gasteiger partial charge in [-0.3, -0.25) is 0 Å². The van der Waals surface area contributed by atoms with E-state index in [1.807, 2.05) is 0 Å². The second kappa shape index (κ2) is 6.04. The molecule has 0 aliphatic heterocycles. The molecule has 1 heteroatoms. The van der Waals surface area contributed by atoms with Crippen LogP contribution < -0.4 is 0 Å². The first-order chi connectivity index (χ1) is 8.16. The zero-order chi connectivity index (χ0) is 12.3. The molecule has 94 valence electrons. The van der Waals surface area contributed by atoms with Crippen LogP contribution in [0.1, 0.15) is 67.8 Å². The van der Waals surface area contributed by atoms with E-state index in [4.69, 9.17) is 0 Å².